The van der Waals surface area contributed by atoms with Crippen LogP contribution in [0.4, 0.5) is 0 Å². The van der Waals surface area contributed by atoms with Gasteiger partial charge in [-0.1, -0.05) is 56.4 Å². The number of amidine groups is 1. The number of amides is 2. The second-order valence-corrected chi connectivity index (χ2v) is 11.3. The number of piperazine rings is 1. The van der Waals surface area contributed by atoms with Gasteiger partial charge in [0, 0.05) is 30.7 Å². The van der Waals surface area contributed by atoms with Crippen LogP contribution in [0.25, 0.3) is 11.0 Å². The Balaban J connectivity index is 1.51. The minimum absolute atomic E-state index is 0.0885. The molecule has 0 unspecified atom stereocenters. The number of furan rings is 1. The van der Waals surface area contributed by atoms with Crippen molar-refractivity contribution in [2.45, 2.75) is 63.5 Å². The average molecular weight is 515 g/mol. The first-order valence-electron chi connectivity index (χ1n) is 12.5. The molecule has 2 heterocycles. The van der Waals surface area contributed by atoms with Crippen molar-refractivity contribution >= 4 is 38.6 Å². The Morgan fingerprint density at radius 2 is 1.97 bits per heavy atom. The van der Waals surface area contributed by atoms with Crippen molar-refractivity contribution < 1.29 is 22.4 Å². The molecule has 0 spiro atoms. The highest BCUT2D eigenvalue weighted by atomic mass is 32.2. The zero-order chi connectivity index (χ0) is 25.7. The topological polar surface area (TPSA) is 112 Å². The minimum atomic E-state index is -3.99. The molecule has 1 aliphatic heterocycles. The van der Waals surface area contributed by atoms with Gasteiger partial charge in [-0.2, -0.15) is 4.31 Å². The monoisotopic (exact) mass is 514 g/mol. The van der Waals surface area contributed by atoms with E-state index in [4.69, 9.17) is 4.42 Å². The molecule has 2 amide bonds. The number of carbonyl (C=O) groups is 2. The molecule has 9 nitrogen and oxygen atoms in total. The standard InChI is InChI=1S/C26H34N4O5S/c1-3-13-27-19(2)28-26(32)22(16-20-9-5-4-6-10-20)30-15-14-29(18-24(30)31)36(33,34)25-17-21-11-7-8-12-23(21)35-25/h3,7-8,11-13,17,20,22H,4-6,9-10,14-16,18H2,1-2H3,(H,27,28,32)/b13-3-/t22-/m0/s1. The summed E-state index contributed by atoms with van der Waals surface area (Å²) in [6.07, 6.45) is 9.42. The molecule has 1 saturated heterocycles. The molecule has 4 rings (SSSR count). The van der Waals surface area contributed by atoms with Crippen molar-refractivity contribution in [3.8, 4) is 0 Å². The second kappa shape index (κ2) is 11.4. The van der Waals surface area contributed by atoms with Crippen LogP contribution in [-0.4, -0.2) is 60.9 Å². The molecule has 2 aromatic rings. The number of allylic oxidation sites excluding steroid dienone is 1. The van der Waals surface area contributed by atoms with E-state index in [0.717, 1.165) is 30.0 Å². The first-order chi connectivity index (χ1) is 17.3. The van der Waals surface area contributed by atoms with Crippen LogP contribution >= 0.6 is 0 Å². The summed E-state index contributed by atoms with van der Waals surface area (Å²) < 4.78 is 33.2. The molecule has 0 bridgehead atoms. The predicted octanol–water partition coefficient (Wildman–Crippen LogP) is 3.67. The van der Waals surface area contributed by atoms with Gasteiger partial charge in [-0.05, 0) is 32.3 Å². The summed E-state index contributed by atoms with van der Waals surface area (Å²) in [6, 6.07) is 7.86. The van der Waals surface area contributed by atoms with E-state index in [1.807, 2.05) is 6.92 Å². The van der Waals surface area contributed by atoms with Crippen molar-refractivity contribution in [2.24, 2.45) is 10.9 Å². The lowest BCUT2D eigenvalue weighted by Gasteiger charge is -2.39. The van der Waals surface area contributed by atoms with E-state index in [-0.39, 0.29) is 36.5 Å². The van der Waals surface area contributed by atoms with Gasteiger partial charge in [-0.25, -0.2) is 13.4 Å². The quantitative estimate of drug-likeness (QED) is 0.448. The second-order valence-electron chi connectivity index (χ2n) is 9.47. The fraction of sp³-hybridized carbons (Fsp3) is 0.500. The molecule has 36 heavy (non-hydrogen) atoms. The number of fused-ring (bicyclic) bond motifs is 1. The molecule has 1 aromatic heterocycles. The Morgan fingerprint density at radius 1 is 1.22 bits per heavy atom. The Labute approximate surface area is 212 Å². The van der Waals surface area contributed by atoms with Crippen LogP contribution in [0.15, 0.2) is 57.1 Å². The summed E-state index contributed by atoms with van der Waals surface area (Å²) in [7, 11) is -3.99. The fourth-order valence-electron chi connectivity index (χ4n) is 5.01. The van der Waals surface area contributed by atoms with Crippen LogP contribution < -0.4 is 5.32 Å². The van der Waals surface area contributed by atoms with E-state index >= 15 is 0 Å². The predicted molar refractivity (Wildman–Crippen MR) is 138 cm³/mol. The van der Waals surface area contributed by atoms with E-state index in [2.05, 4.69) is 10.3 Å². The van der Waals surface area contributed by atoms with Crippen LogP contribution in [0.5, 0.6) is 0 Å². The summed E-state index contributed by atoms with van der Waals surface area (Å²) in [5.41, 5.74) is 0.472. The molecule has 10 heteroatoms. The molecule has 1 atom stereocenters. The van der Waals surface area contributed by atoms with Gasteiger partial charge < -0.3 is 14.6 Å². The first-order valence-corrected chi connectivity index (χ1v) is 14.0. The fourth-order valence-corrected chi connectivity index (χ4v) is 6.33. The number of hydrogen-bond donors (Lipinski definition) is 1. The maximum Gasteiger partial charge on any atom is 0.277 e. The third kappa shape index (κ3) is 5.87. The molecule has 194 valence electrons. The number of carbonyl (C=O) groups excluding carboxylic acids is 2. The third-order valence-corrected chi connectivity index (χ3v) is 8.60. The number of nitrogens with zero attached hydrogens (tertiary/aromatic N) is 3. The maximum absolute atomic E-state index is 13.3. The van der Waals surface area contributed by atoms with Gasteiger partial charge in [0.2, 0.25) is 16.9 Å². The minimum Gasteiger partial charge on any atom is -0.443 e. The molecule has 2 fully saturated rings. The van der Waals surface area contributed by atoms with Gasteiger partial charge >= 0.3 is 0 Å². The zero-order valence-corrected chi connectivity index (χ0v) is 21.7. The van der Waals surface area contributed by atoms with E-state index in [9.17, 15) is 18.0 Å². The van der Waals surface area contributed by atoms with E-state index in [0.29, 0.717) is 29.1 Å². The Hall–Kier alpha value is -2.98. The van der Waals surface area contributed by atoms with Crippen molar-refractivity contribution in [3.63, 3.8) is 0 Å². The van der Waals surface area contributed by atoms with Gasteiger partial charge in [-0.3, -0.25) is 9.59 Å². The van der Waals surface area contributed by atoms with Gasteiger partial charge in [0.15, 0.2) is 0 Å². The highest BCUT2D eigenvalue weighted by molar-refractivity contribution is 7.89. The van der Waals surface area contributed by atoms with Crippen molar-refractivity contribution in [1.82, 2.24) is 14.5 Å². The average Bonchev–Trinajstić information content (AvgIpc) is 3.32. The lowest BCUT2D eigenvalue weighted by Crippen LogP contribution is -2.59. The van der Waals surface area contributed by atoms with E-state index in [1.54, 1.807) is 43.5 Å². The smallest absolute Gasteiger partial charge is 0.277 e. The zero-order valence-electron chi connectivity index (χ0n) is 20.9. The largest absolute Gasteiger partial charge is 0.443 e. The summed E-state index contributed by atoms with van der Waals surface area (Å²) in [6.45, 7) is 3.43. The first kappa shape index (κ1) is 26.1. The van der Waals surface area contributed by atoms with E-state index in [1.165, 1.54) is 17.4 Å². The lowest BCUT2D eigenvalue weighted by molar-refractivity contribution is -0.143. The number of aliphatic imine (C=N–C) groups is 1. The van der Waals surface area contributed by atoms with Crippen molar-refractivity contribution in [3.05, 3.63) is 42.6 Å². The summed E-state index contributed by atoms with van der Waals surface area (Å²) in [5.74, 6) is 0.130. The number of sulfonamides is 1. The number of para-hydroxylation sites is 1. The van der Waals surface area contributed by atoms with Crippen LogP contribution in [0, 0.1) is 5.92 Å². The number of rotatable bonds is 7. The molecule has 1 aliphatic carbocycles. The molecule has 0 radical (unpaired) electrons. The van der Waals surface area contributed by atoms with Crippen molar-refractivity contribution in [1.29, 1.82) is 0 Å². The Kier molecular flexibility index (Phi) is 8.25. The van der Waals surface area contributed by atoms with Gasteiger partial charge in [-0.15, -0.1) is 0 Å². The van der Waals surface area contributed by atoms with Crippen molar-refractivity contribution in [2.75, 3.05) is 19.6 Å². The Morgan fingerprint density at radius 3 is 2.67 bits per heavy atom. The van der Waals surface area contributed by atoms with Gasteiger partial charge in [0.1, 0.15) is 17.5 Å². The van der Waals surface area contributed by atoms with Crippen LogP contribution in [0.2, 0.25) is 0 Å². The molecular weight excluding hydrogens is 480 g/mol. The third-order valence-electron chi connectivity index (χ3n) is 6.90. The SMILES string of the molecule is C/C=C\N=C(C)NC(=O)[C@H](CC1CCCCC1)N1CCN(S(=O)(=O)c2cc3ccccc3o2)CC1=O. The number of nitrogens with one attached hydrogen (secondary N) is 1. The number of benzene rings is 1. The molecule has 2 aliphatic rings. The van der Waals surface area contributed by atoms with Crippen LogP contribution in [-0.2, 0) is 19.6 Å². The van der Waals surface area contributed by atoms with Crippen LogP contribution in [0.1, 0.15) is 52.4 Å². The molecule has 1 aromatic carbocycles. The van der Waals surface area contributed by atoms with E-state index < -0.39 is 16.1 Å². The highest BCUT2D eigenvalue weighted by Crippen LogP contribution is 2.30. The number of hydrogen-bond acceptors (Lipinski definition) is 6. The lowest BCUT2D eigenvalue weighted by atomic mass is 9.84. The van der Waals surface area contributed by atoms with Crippen LogP contribution in [0.3, 0.4) is 0 Å². The van der Waals surface area contributed by atoms with Gasteiger partial charge in [0.25, 0.3) is 10.0 Å². The molecule has 1 N–H and O–H groups in total. The Bertz CT molecular complexity index is 1230. The van der Waals surface area contributed by atoms with Gasteiger partial charge in [0.05, 0.1) is 6.54 Å². The highest BCUT2D eigenvalue weighted by Gasteiger charge is 2.40. The molecule has 1 saturated carbocycles. The summed E-state index contributed by atoms with van der Waals surface area (Å²) in [5, 5.41) is 3.32. The summed E-state index contributed by atoms with van der Waals surface area (Å²) in [4.78, 5) is 32.3. The molecular formula is C26H34N4O5S. The normalized spacial score (nSPS) is 19.8. The summed E-state index contributed by atoms with van der Waals surface area (Å²) >= 11 is 0. The maximum atomic E-state index is 13.3.